The number of allylic oxidation sites excluding steroid dienone is 2. The molecule has 2 N–H and O–H groups in total. The van der Waals surface area contributed by atoms with Gasteiger partial charge in [-0.25, -0.2) is 0 Å². The van der Waals surface area contributed by atoms with Crippen LogP contribution in [0.25, 0.3) is 0 Å². The fourth-order valence-corrected chi connectivity index (χ4v) is 5.18. The highest BCUT2D eigenvalue weighted by molar-refractivity contribution is 5.75. The van der Waals surface area contributed by atoms with E-state index >= 15 is 0 Å². The number of carbonyl (C=O) groups is 1. The second-order valence-corrected chi connectivity index (χ2v) is 8.47. The molecular weight excluding hydrogens is 288 g/mol. The third-order valence-corrected chi connectivity index (χ3v) is 6.87. The Morgan fingerprint density at radius 3 is 2.70 bits per heavy atom. The molecule has 0 aromatic heterocycles. The van der Waals surface area contributed by atoms with Crippen LogP contribution in [0.4, 0.5) is 0 Å². The van der Waals surface area contributed by atoms with E-state index in [0.29, 0.717) is 12.3 Å². The molecule has 1 saturated carbocycles. The summed E-state index contributed by atoms with van der Waals surface area (Å²) in [6.45, 7) is 11.9. The largest absolute Gasteiger partial charge is 0.481 e. The topological polar surface area (TPSA) is 57.5 Å². The van der Waals surface area contributed by atoms with Crippen LogP contribution in [0.1, 0.15) is 66.2 Å². The summed E-state index contributed by atoms with van der Waals surface area (Å²) in [5, 5.41) is 20.1. The first-order chi connectivity index (χ1) is 10.6. The first kappa shape index (κ1) is 18.3. The molecule has 5 unspecified atom stereocenters. The van der Waals surface area contributed by atoms with E-state index in [1.54, 1.807) is 13.0 Å². The molecule has 23 heavy (non-hydrogen) atoms. The van der Waals surface area contributed by atoms with Crippen LogP contribution in [-0.2, 0) is 4.79 Å². The van der Waals surface area contributed by atoms with Crippen LogP contribution in [0.5, 0.6) is 0 Å². The smallest absolute Gasteiger partial charge is 0.309 e. The van der Waals surface area contributed by atoms with Gasteiger partial charge in [0.1, 0.15) is 0 Å². The van der Waals surface area contributed by atoms with E-state index < -0.39 is 17.0 Å². The lowest BCUT2D eigenvalue weighted by molar-refractivity contribution is -0.162. The molecule has 1 fully saturated rings. The molecule has 2 aliphatic rings. The van der Waals surface area contributed by atoms with E-state index in [0.717, 1.165) is 32.1 Å². The van der Waals surface area contributed by atoms with Crippen LogP contribution < -0.4 is 0 Å². The SMILES string of the molecule is C=CC(C)(O)CCC1C(C)=CCC2C(C)(C(=O)O)CCCC12C. The van der Waals surface area contributed by atoms with Crippen molar-refractivity contribution < 1.29 is 15.0 Å². The maximum absolute atomic E-state index is 12.0. The maximum atomic E-state index is 12.0. The average molecular weight is 320 g/mol. The molecule has 0 aromatic rings. The molecule has 0 aliphatic heterocycles. The average Bonchev–Trinajstić information content (AvgIpc) is 2.46. The van der Waals surface area contributed by atoms with E-state index in [4.69, 9.17) is 0 Å². The Morgan fingerprint density at radius 2 is 2.13 bits per heavy atom. The highest BCUT2D eigenvalue weighted by Gasteiger charge is 2.56. The molecule has 0 heterocycles. The van der Waals surface area contributed by atoms with Gasteiger partial charge in [0, 0.05) is 0 Å². The van der Waals surface area contributed by atoms with Crippen molar-refractivity contribution in [3.05, 3.63) is 24.3 Å². The minimum Gasteiger partial charge on any atom is -0.481 e. The highest BCUT2D eigenvalue weighted by Crippen LogP contribution is 2.60. The van der Waals surface area contributed by atoms with Crippen molar-refractivity contribution in [2.24, 2.45) is 22.7 Å². The predicted octanol–water partition coefficient (Wildman–Crippen LogP) is 4.57. The van der Waals surface area contributed by atoms with E-state index in [9.17, 15) is 15.0 Å². The fourth-order valence-electron chi connectivity index (χ4n) is 5.18. The minimum atomic E-state index is -0.853. The zero-order valence-corrected chi connectivity index (χ0v) is 15.1. The summed E-state index contributed by atoms with van der Waals surface area (Å²) in [6.07, 6.45) is 9.07. The number of hydrogen-bond donors (Lipinski definition) is 2. The number of hydrogen-bond acceptors (Lipinski definition) is 2. The molecule has 2 aliphatic carbocycles. The Labute approximate surface area is 140 Å². The summed E-state index contributed by atoms with van der Waals surface area (Å²) in [7, 11) is 0. The zero-order chi connectivity index (χ0) is 17.5. The third-order valence-electron chi connectivity index (χ3n) is 6.87. The summed E-state index contributed by atoms with van der Waals surface area (Å²) >= 11 is 0. The number of fused-ring (bicyclic) bond motifs is 1. The molecule has 5 atom stereocenters. The van der Waals surface area contributed by atoms with Crippen molar-refractivity contribution in [2.75, 3.05) is 0 Å². The van der Waals surface area contributed by atoms with Gasteiger partial charge in [0.25, 0.3) is 0 Å². The third kappa shape index (κ3) is 3.13. The molecule has 3 nitrogen and oxygen atoms in total. The van der Waals surface area contributed by atoms with Gasteiger partial charge >= 0.3 is 5.97 Å². The van der Waals surface area contributed by atoms with Gasteiger partial charge < -0.3 is 10.2 Å². The van der Waals surface area contributed by atoms with Gasteiger partial charge in [0.15, 0.2) is 0 Å². The Kier molecular flexibility index (Phi) is 4.83. The van der Waals surface area contributed by atoms with Crippen molar-refractivity contribution in [2.45, 2.75) is 71.8 Å². The summed E-state index contributed by atoms with van der Waals surface area (Å²) in [5.41, 5.74) is -0.127. The molecule has 3 heteroatoms. The van der Waals surface area contributed by atoms with E-state index in [2.05, 4.69) is 26.5 Å². The molecule has 0 spiro atoms. The Balaban J connectivity index is 2.32. The lowest BCUT2D eigenvalue weighted by atomic mass is 9.47. The van der Waals surface area contributed by atoms with Gasteiger partial charge in [0.2, 0.25) is 0 Å². The van der Waals surface area contributed by atoms with Gasteiger partial charge in [0.05, 0.1) is 11.0 Å². The lowest BCUT2D eigenvalue weighted by Gasteiger charge is -2.56. The second kappa shape index (κ2) is 6.08. The highest BCUT2D eigenvalue weighted by atomic mass is 16.4. The number of carboxylic acid groups (broad SMARTS) is 1. The fraction of sp³-hybridized carbons (Fsp3) is 0.750. The van der Waals surface area contributed by atoms with Gasteiger partial charge in [-0.2, -0.15) is 0 Å². The van der Waals surface area contributed by atoms with Crippen LogP contribution in [0.2, 0.25) is 0 Å². The zero-order valence-electron chi connectivity index (χ0n) is 15.1. The van der Waals surface area contributed by atoms with Crippen molar-refractivity contribution in [1.29, 1.82) is 0 Å². The first-order valence-electron chi connectivity index (χ1n) is 8.83. The van der Waals surface area contributed by atoms with E-state index in [1.165, 1.54) is 5.57 Å². The number of carboxylic acids is 1. The first-order valence-corrected chi connectivity index (χ1v) is 8.83. The van der Waals surface area contributed by atoms with Crippen molar-refractivity contribution in [3.63, 3.8) is 0 Å². The quantitative estimate of drug-likeness (QED) is 0.730. The Hall–Kier alpha value is -1.09. The molecule has 0 amide bonds. The molecular formula is C20H32O3. The van der Waals surface area contributed by atoms with Crippen LogP contribution in [0, 0.1) is 22.7 Å². The van der Waals surface area contributed by atoms with Crippen molar-refractivity contribution in [1.82, 2.24) is 0 Å². The number of aliphatic carboxylic acids is 1. The van der Waals surface area contributed by atoms with Crippen LogP contribution in [-0.4, -0.2) is 21.8 Å². The minimum absolute atomic E-state index is 0.00146. The van der Waals surface area contributed by atoms with Gasteiger partial charge in [-0.05, 0) is 70.1 Å². The predicted molar refractivity (Wildman–Crippen MR) is 93.1 cm³/mol. The Morgan fingerprint density at radius 1 is 1.48 bits per heavy atom. The maximum Gasteiger partial charge on any atom is 0.309 e. The molecule has 130 valence electrons. The van der Waals surface area contributed by atoms with Gasteiger partial charge in [-0.1, -0.05) is 31.1 Å². The Bertz CT molecular complexity index is 519. The lowest BCUT2D eigenvalue weighted by Crippen LogP contribution is -2.52. The molecule has 0 aromatic carbocycles. The molecule has 0 bridgehead atoms. The summed E-state index contributed by atoms with van der Waals surface area (Å²) in [6, 6.07) is 0. The summed E-state index contributed by atoms with van der Waals surface area (Å²) in [5.74, 6) is -0.145. The molecule has 0 saturated heterocycles. The van der Waals surface area contributed by atoms with Gasteiger partial charge in [-0.3, -0.25) is 4.79 Å². The summed E-state index contributed by atoms with van der Waals surface area (Å²) < 4.78 is 0. The van der Waals surface area contributed by atoms with E-state index in [-0.39, 0.29) is 11.3 Å². The number of rotatable bonds is 5. The van der Waals surface area contributed by atoms with Crippen LogP contribution in [0.15, 0.2) is 24.3 Å². The van der Waals surface area contributed by atoms with Crippen molar-refractivity contribution >= 4 is 5.97 Å². The monoisotopic (exact) mass is 320 g/mol. The number of aliphatic hydroxyl groups is 1. The van der Waals surface area contributed by atoms with Crippen LogP contribution in [0.3, 0.4) is 0 Å². The van der Waals surface area contributed by atoms with Crippen molar-refractivity contribution in [3.8, 4) is 0 Å². The summed E-state index contributed by atoms with van der Waals surface area (Å²) in [4.78, 5) is 12.0. The second-order valence-electron chi connectivity index (χ2n) is 8.47. The normalized spacial score (nSPS) is 39.8. The van der Waals surface area contributed by atoms with Crippen LogP contribution >= 0.6 is 0 Å². The molecule has 2 rings (SSSR count). The molecule has 0 radical (unpaired) electrons. The van der Waals surface area contributed by atoms with Gasteiger partial charge in [-0.15, -0.1) is 6.58 Å². The standard InChI is InChI=1S/C20H32O3/c1-6-18(3,23)13-10-15-14(2)8-9-16-19(15,4)11-7-12-20(16,5)17(21)22/h6,8,15-16,23H,1,7,9-13H2,2-5H3,(H,21,22). The van der Waals surface area contributed by atoms with E-state index in [1.807, 2.05) is 6.92 Å².